The second-order valence-electron chi connectivity index (χ2n) is 4.75. The summed E-state index contributed by atoms with van der Waals surface area (Å²) in [6.45, 7) is 8.15. The fourth-order valence-electron chi connectivity index (χ4n) is 2.34. The quantitative estimate of drug-likeness (QED) is 0.732. The number of ether oxygens (including phenoxy) is 2. The Balaban J connectivity index is 2.17. The molecule has 0 atom stereocenters. The smallest absolute Gasteiger partial charge is 0.119 e. The molecule has 0 aliphatic rings. The monoisotopic (exact) mass is 269 g/mol. The summed E-state index contributed by atoms with van der Waals surface area (Å²) in [6.07, 6.45) is 0. The first-order valence-corrected chi connectivity index (χ1v) is 7.01. The van der Waals surface area contributed by atoms with Crippen LogP contribution >= 0.6 is 0 Å². The van der Waals surface area contributed by atoms with Crippen molar-refractivity contribution in [1.29, 1.82) is 0 Å². The molecule has 0 aliphatic carbocycles. The topological polar surface area (TPSA) is 18.5 Å². The number of rotatable bonds is 6. The summed E-state index contributed by atoms with van der Waals surface area (Å²) in [7, 11) is 0. The zero-order chi connectivity index (χ0) is 14.4. The largest absolute Gasteiger partial charge is 0.491 e. The van der Waals surface area contributed by atoms with Crippen LogP contribution in [0.25, 0.3) is 11.1 Å². The van der Waals surface area contributed by atoms with Gasteiger partial charge in [-0.15, -0.1) is 0 Å². The van der Waals surface area contributed by atoms with E-state index in [1.165, 1.54) is 16.7 Å². The Morgan fingerprint density at radius 2 is 1.80 bits per heavy atom. The SMILES string of the molecule is CCOCCOc1cc(C)c(-c2[c]cccc2)c(C)c1. The van der Waals surface area contributed by atoms with Crippen molar-refractivity contribution >= 4 is 0 Å². The minimum atomic E-state index is 0.587. The van der Waals surface area contributed by atoms with E-state index < -0.39 is 0 Å². The molecule has 2 rings (SSSR count). The predicted molar refractivity (Wildman–Crippen MR) is 82.2 cm³/mol. The van der Waals surface area contributed by atoms with Gasteiger partial charge in [0.25, 0.3) is 0 Å². The Morgan fingerprint density at radius 1 is 1.05 bits per heavy atom. The molecule has 0 N–H and O–H groups in total. The molecule has 105 valence electrons. The lowest BCUT2D eigenvalue weighted by Crippen LogP contribution is -2.06. The molecule has 20 heavy (non-hydrogen) atoms. The maximum atomic E-state index is 5.73. The van der Waals surface area contributed by atoms with Gasteiger partial charge in [-0.1, -0.05) is 24.3 Å². The van der Waals surface area contributed by atoms with Crippen LogP contribution in [0.5, 0.6) is 5.75 Å². The molecule has 0 bridgehead atoms. The van der Waals surface area contributed by atoms with Crippen molar-refractivity contribution in [2.75, 3.05) is 19.8 Å². The summed E-state index contributed by atoms with van der Waals surface area (Å²) >= 11 is 0. The van der Waals surface area contributed by atoms with Crippen molar-refractivity contribution in [3.05, 3.63) is 53.6 Å². The van der Waals surface area contributed by atoms with Crippen LogP contribution in [0.2, 0.25) is 0 Å². The van der Waals surface area contributed by atoms with E-state index in [1.54, 1.807) is 0 Å². The Morgan fingerprint density at radius 3 is 2.40 bits per heavy atom. The molecular formula is C18H21O2. The summed E-state index contributed by atoms with van der Waals surface area (Å²) in [4.78, 5) is 0. The number of aryl methyl sites for hydroxylation is 2. The summed E-state index contributed by atoms with van der Waals surface area (Å²) in [5.74, 6) is 0.902. The average molecular weight is 269 g/mol. The van der Waals surface area contributed by atoms with Crippen molar-refractivity contribution in [2.45, 2.75) is 20.8 Å². The predicted octanol–water partition coefficient (Wildman–Crippen LogP) is 4.19. The molecule has 0 amide bonds. The highest BCUT2D eigenvalue weighted by molar-refractivity contribution is 5.71. The van der Waals surface area contributed by atoms with E-state index in [9.17, 15) is 0 Å². The highest BCUT2D eigenvalue weighted by Crippen LogP contribution is 2.30. The lowest BCUT2D eigenvalue weighted by molar-refractivity contribution is 0.110. The van der Waals surface area contributed by atoms with Crippen molar-refractivity contribution in [2.24, 2.45) is 0 Å². The van der Waals surface area contributed by atoms with Crippen molar-refractivity contribution < 1.29 is 9.47 Å². The minimum absolute atomic E-state index is 0.587. The van der Waals surface area contributed by atoms with E-state index in [0.717, 1.165) is 17.9 Å². The highest BCUT2D eigenvalue weighted by Gasteiger charge is 2.08. The minimum Gasteiger partial charge on any atom is -0.491 e. The van der Waals surface area contributed by atoms with Gasteiger partial charge in [0.1, 0.15) is 12.4 Å². The first-order chi connectivity index (χ1) is 9.72. The van der Waals surface area contributed by atoms with E-state index in [1.807, 2.05) is 25.1 Å². The third kappa shape index (κ3) is 3.61. The molecule has 0 saturated heterocycles. The van der Waals surface area contributed by atoms with Gasteiger partial charge in [-0.05, 0) is 61.2 Å². The lowest BCUT2D eigenvalue weighted by Gasteiger charge is -2.13. The van der Waals surface area contributed by atoms with Crippen LogP contribution in [-0.4, -0.2) is 19.8 Å². The van der Waals surface area contributed by atoms with Gasteiger partial charge >= 0.3 is 0 Å². The molecule has 2 aromatic carbocycles. The molecule has 2 nitrogen and oxygen atoms in total. The fourth-order valence-corrected chi connectivity index (χ4v) is 2.34. The zero-order valence-corrected chi connectivity index (χ0v) is 12.4. The van der Waals surface area contributed by atoms with Crippen molar-refractivity contribution in [1.82, 2.24) is 0 Å². The van der Waals surface area contributed by atoms with Crippen LogP contribution in [0.1, 0.15) is 18.1 Å². The van der Waals surface area contributed by atoms with Crippen LogP contribution in [0.15, 0.2) is 36.4 Å². The van der Waals surface area contributed by atoms with E-state index >= 15 is 0 Å². The second-order valence-corrected chi connectivity index (χ2v) is 4.75. The van der Waals surface area contributed by atoms with Gasteiger partial charge in [-0.3, -0.25) is 0 Å². The Hall–Kier alpha value is -1.80. The molecule has 2 heteroatoms. The Labute approximate surface area is 121 Å². The molecule has 0 aliphatic heterocycles. The Bertz CT molecular complexity index is 524. The second kappa shape index (κ2) is 7.11. The molecule has 0 aromatic heterocycles. The van der Waals surface area contributed by atoms with Crippen molar-refractivity contribution in [3.63, 3.8) is 0 Å². The molecule has 1 radical (unpaired) electrons. The van der Waals surface area contributed by atoms with Crippen LogP contribution < -0.4 is 4.74 Å². The first kappa shape index (κ1) is 14.6. The zero-order valence-electron chi connectivity index (χ0n) is 12.4. The molecule has 0 spiro atoms. The van der Waals surface area contributed by atoms with Gasteiger partial charge in [0.15, 0.2) is 0 Å². The van der Waals surface area contributed by atoms with Gasteiger partial charge in [0.05, 0.1) is 6.61 Å². The van der Waals surface area contributed by atoms with E-state index in [-0.39, 0.29) is 0 Å². The summed E-state index contributed by atoms with van der Waals surface area (Å²) in [6, 6.07) is 15.5. The van der Waals surface area contributed by atoms with Gasteiger partial charge in [0, 0.05) is 6.61 Å². The molecule has 0 unspecified atom stereocenters. The molecule has 0 saturated carbocycles. The van der Waals surface area contributed by atoms with Gasteiger partial charge in [0.2, 0.25) is 0 Å². The summed E-state index contributed by atoms with van der Waals surface area (Å²) < 4.78 is 11.0. The number of hydrogen-bond donors (Lipinski definition) is 0. The summed E-state index contributed by atoms with van der Waals surface area (Å²) in [5.41, 5.74) is 4.78. The van der Waals surface area contributed by atoms with Crippen molar-refractivity contribution in [3.8, 4) is 16.9 Å². The normalized spacial score (nSPS) is 10.6. The third-order valence-electron chi connectivity index (χ3n) is 3.19. The van der Waals surface area contributed by atoms with Gasteiger partial charge in [-0.2, -0.15) is 0 Å². The number of hydrogen-bond acceptors (Lipinski definition) is 2. The average Bonchev–Trinajstić information content (AvgIpc) is 2.44. The van der Waals surface area contributed by atoms with Crippen LogP contribution in [0.3, 0.4) is 0 Å². The maximum Gasteiger partial charge on any atom is 0.119 e. The lowest BCUT2D eigenvalue weighted by atomic mass is 9.95. The fraction of sp³-hybridized carbons (Fsp3) is 0.333. The molecular weight excluding hydrogens is 248 g/mol. The van der Waals surface area contributed by atoms with Crippen LogP contribution in [0.4, 0.5) is 0 Å². The standard InChI is InChI=1S/C18H21O2/c1-4-19-10-11-20-17-12-14(2)18(15(3)13-17)16-8-6-5-7-9-16/h5-8,12-13H,4,10-11H2,1-3H3. The maximum absolute atomic E-state index is 5.73. The van der Waals surface area contributed by atoms with E-state index in [0.29, 0.717) is 13.2 Å². The highest BCUT2D eigenvalue weighted by atomic mass is 16.5. The molecule has 2 aromatic rings. The molecule has 0 fully saturated rings. The van der Waals surface area contributed by atoms with Gasteiger partial charge < -0.3 is 9.47 Å². The van der Waals surface area contributed by atoms with E-state index in [4.69, 9.17) is 9.47 Å². The summed E-state index contributed by atoms with van der Waals surface area (Å²) in [5, 5.41) is 0. The number of benzene rings is 2. The van der Waals surface area contributed by atoms with E-state index in [2.05, 4.69) is 38.1 Å². The third-order valence-corrected chi connectivity index (χ3v) is 3.19. The molecule has 0 heterocycles. The first-order valence-electron chi connectivity index (χ1n) is 7.01. The van der Waals surface area contributed by atoms with Crippen LogP contribution in [-0.2, 0) is 4.74 Å². The van der Waals surface area contributed by atoms with Gasteiger partial charge in [-0.25, -0.2) is 0 Å². The van der Waals surface area contributed by atoms with Crippen LogP contribution in [0, 0.1) is 19.9 Å². The Kier molecular flexibility index (Phi) is 5.19.